The van der Waals surface area contributed by atoms with E-state index in [-0.39, 0.29) is 0 Å². The quantitative estimate of drug-likeness (QED) is 0.851. The van der Waals surface area contributed by atoms with E-state index in [2.05, 4.69) is 21.4 Å². The predicted octanol–water partition coefficient (Wildman–Crippen LogP) is 2.33. The third kappa shape index (κ3) is 2.63. The van der Waals surface area contributed by atoms with E-state index < -0.39 is 6.10 Å². The molecule has 1 aliphatic rings. The minimum atomic E-state index is -0.573. The number of imidazole rings is 1. The van der Waals surface area contributed by atoms with E-state index in [1.165, 1.54) is 6.42 Å². The van der Waals surface area contributed by atoms with E-state index in [1.54, 1.807) is 6.92 Å². The van der Waals surface area contributed by atoms with Gasteiger partial charge in [-0.3, -0.25) is 0 Å². The van der Waals surface area contributed by atoms with Crippen molar-refractivity contribution in [3.05, 3.63) is 24.0 Å². The van der Waals surface area contributed by atoms with E-state index in [9.17, 15) is 5.11 Å². The van der Waals surface area contributed by atoms with Crippen LogP contribution >= 0.6 is 0 Å². The van der Waals surface area contributed by atoms with Gasteiger partial charge in [-0.05, 0) is 51.1 Å². The zero-order valence-corrected chi connectivity index (χ0v) is 12.8. The molecule has 0 amide bonds. The maximum atomic E-state index is 10.1. The molecule has 114 valence electrons. The number of aliphatic hydroxyl groups is 1. The molecular formula is C16H24N4O. The second-order valence-corrected chi connectivity index (χ2v) is 5.95. The Labute approximate surface area is 125 Å². The van der Waals surface area contributed by atoms with Crippen molar-refractivity contribution in [3.8, 4) is 0 Å². The summed E-state index contributed by atoms with van der Waals surface area (Å²) in [6.07, 6.45) is 1.74. The molecule has 2 aromatic rings. The molecule has 0 bridgehead atoms. The summed E-state index contributed by atoms with van der Waals surface area (Å²) in [5.74, 6) is 0.749. The van der Waals surface area contributed by atoms with Crippen molar-refractivity contribution < 1.29 is 5.11 Å². The van der Waals surface area contributed by atoms with Crippen molar-refractivity contribution in [1.29, 1.82) is 0 Å². The van der Waals surface area contributed by atoms with Crippen LogP contribution in [0, 0.1) is 0 Å². The van der Waals surface area contributed by atoms with Crippen LogP contribution in [-0.4, -0.2) is 39.2 Å². The topological polar surface area (TPSA) is 67.3 Å². The zero-order valence-electron chi connectivity index (χ0n) is 12.8. The van der Waals surface area contributed by atoms with Gasteiger partial charge in [-0.1, -0.05) is 6.92 Å². The van der Waals surface area contributed by atoms with Crippen molar-refractivity contribution in [2.24, 2.45) is 0 Å². The second-order valence-electron chi connectivity index (χ2n) is 5.95. The van der Waals surface area contributed by atoms with Gasteiger partial charge in [-0.25, -0.2) is 4.98 Å². The molecule has 2 unspecified atom stereocenters. The molecule has 1 aromatic carbocycles. The highest BCUT2D eigenvalue weighted by Gasteiger charge is 2.25. The van der Waals surface area contributed by atoms with Crippen LogP contribution in [0.4, 0.5) is 5.69 Å². The molecule has 0 spiro atoms. The number of piperidine rings is 1. The van der Waals surface area contributed by atoms with Crippen molar-refractivity contribution in [2.75, 3.05) is 25.4 Å². The van der Waals surface area contributed by atoms with Crippen molar-refractivity contribution in [2.45, 2.75) is 38.8 Å². The average Bonchev–Trinajstić information content (AvgIpc) is 2.86. The Hall–Kier alpha value is -1.59. The standard InChI is InChI=1S/C16H24N4O/c1-3-19-8-4-5-13(10-19)20-15-7-6-12(17)9-14(15)18-16(20)11(2)21/h6-7,9,11,13,21H,3-5,8,10,17H2,1-2H3. The maximum Gasteiger partial charge on any atom is 0.138 e. The normalized spacial score (nSPS) is 21.8. The number of aliphatic hydroxyl groups excluding tert-OH is 1. The van der Waals surface area contributed by atoms with Gasteiger partial charge in [0.25, 0.3) is 0 Å². The average molecular weight is 288 g/mol. The first-order valence-corrected chi connectivity index (χ1v) is 7.78. The van der Waals surface area contributed by atoms with Gasteiger partial charge < -0.3 is 20.3 Å². The number of aromatic nitrogens is 2. The molecule has 1 saturated heterocycles. The molecule has 0 saturated carbocycles. The lowest BCUT2D eigenvalue weighted by molar-refractivity contribution is 0.157. The van der Waals surface area contributed by atoms with Gasteiger partial charge >= 0.3 is 0 Å². The van der Waals surface area contributed by atoms with E-state index in [1.807, 2.05) is 18.2 Å². The SMILES string of the molecule is CCN1CCCC(n2c(C(C)O)nc3cc(N)ccc32)C1. The number of benzene rings is 1. The lowest BCUT2D eigenvalue weighted by Gasteiger charge is -2.34. The third-order valence-corrected chi connectivity index (χ3v) is 4.41. The molecular weight excluding hydrogens is 264 g/mol. The fourth-order valence-corrected chi connectivity index (χ4v) is 3.34. The molecule has 21 heavy (non-hydrogen) atoms. The summed E-state index contributed by atoms with van der Waals surface area (Å²) in [5, 5.41) is 10.1. The Morgan fingerprint density at radius 1 is 1.48 bits per heavy atom. The summed E-state index contributed by atoms with van der Waals surface area (Å²) in [4.78, 5) is 7.07. The number of nitrogens with zero attached hydrogens (tertiary/aromatic N) is 3. The second kappa shape index (κ2) is 5.66. The number of hydrogen-bond donors (Lipinski definition) is 2. The highest BCUT2D eigenvalue weighted by molar-refractivity contribution is 5.80. The molecule has 2 heterocycles. The lowest BCUT2D eigenvalue weighted by atomic mass is 10.0. The third-order valence-electron chi connectivity index (χ3n) is 4.41. The van der Waals surface area contributed by atoms with Crippen LogP contribution in [0.1, 0.15) is 44.7 Å². The number of fused-ring (bicyclic) bond motifs is 1. The fourth-order valence-electron chi connectivity index (χ4n) is 3.34. The summed E-state index contributed by atoms with van der Waals surface area (Å²) in [7, 11) is 0. The molecule has 1 aromatic heterocycles. The first-order valence-electron chi connectivity index (χ1n) is 7.78. The van der Waals surface area contributed by atoms with E-state index in [0.29, 0.717) is 11.7 Å². The smallest absolute Gasteiger partial charge is 0.138 e. The molecule has 2 atom stereocenters. The van der Waals surface area contributed by atoms with Gasteiger partial charge in [0.05, 0.1) is 11.0 Å². The van der Waals surface area contributed by atoms with Crippen molar-refractivity contribution in [3.63, 3.8) is 0 Å². The van der Waals surface area contributed by atoms with Crippen molar-refractivity contribution in [1.82, 2.24) is 14.5 Å². The van der Waals surface area contributed by atoms with E-state index >= 15 is 0 Å². The maximum absolute atomic E-state index is 10.1. The number of nitrogen functional groups attached to an aromatic ring is 1. The Balaban J connectivity index is 2.08. The molecule has 1 aliphatic heterocycles. The minimum absolute atomic E-state index is 0.372. The summed E-state index contributed by atoms with van der Waals surface area (Å²) < 4.78 is 2.22. The molecule has 5 heteroatoms. The van der Waals surface area contributed by atoms with E-state index in [0.717, 1.165) is 42.9 Å². The Bertz CT molecular complexity index is 634. The van der Waals surface area contributed by atoms with Gasteiger partial charge in [-0.2, -0.15) is 0 Å². The largest absolute Gasteiger partial charge is 0.399 e. The molecule has 0 radical (unpaired) electrons. The van der Waals surface area contributed by atoms with E-state index in [4.69, 9.17) is 5.73 Å². The van der Waals surface area contributed by atoms with Crippen LogP contribution in [0.3, 0.4) is 0 Å². The molecule has 3 N–H and O–H groups in total. The van der Waals surface area contributed by atoms with Gasteiger partial charge in [0.1, 0.15) is 11.9 Å². The molecule has 1 fully saturated rings. The van der Waals surface area contributed by atoms with Gasteiger partial charge in [-0.15, -0.1) is 0 Å². The Morgan fingerprint density at radius 3 is 3.00 bits per heavy atom. The first-order chi connectivity index (χ1) is 10.1. The summed E-state index contributed by atoms with van der Waals surface area (Å²) in [6, 6.07) is 6.19. The fraction of sp³-hybridized carbons (Fsp3) is 0.562. The number of anilines is 1. The summed E-state index contributed by atoms with van der Waals surface area (Å²) in [6.45, 7) is 7.23. The minimum Gasteiger partial charge on any atom is -0.399 e. The molecule has 5 nitrogen and oxygen atoms in total. The van der Waals surface area contributed by atoms with Gasteiger partial charge in [0.15, 0.2) is 0 Å². The monoisotopic (exact) mass is 288 g/mol. The Morgan fingerprint density at radius 2 is 2.29 bits per heavy atom. The highest BCUT2D eigenvalue weighted by Crippen LogP contribution is 2.31. The Kier molecular flexibility index (Phi) is 3.87. The van der Waals surface area contributed by atoms with Gasteiger partial charge in [0, 0.05) is 18.3 Å². The molecule has 3 rings (SSSR count). The van der Waals surface area contributed by atoms with Crippen LogP contribution < -0.4 is 5.73 Å². The number of likely N-dealkylation sites (N-methyl/N-ethyl adjacent to an activating group) is 1. The van der Waals surface area contributed by atoms with Gasteiger partial charge in [0.2, 0.25) is 0 Å². The lowest BCUT2D eigenvalue weighted by Crippen LogP contribution is -2.36. The zero-order chi connectivity index (χ0) is 15.0. The van der Waals surface area contributed by atoms with Crippen LogP contribution in [0.5, 0.6) is 0 Å². The molecule has 0 aliphatic carbocycles. The van der Waals surface area contributed by atoms with Crippen LogP contribution in [0.15, 0.2) is 18.2 Å². The number of nitrogens with two attached hydrogens (primary N) is 1. The summed E-state index contributed by atoms with van der Waals surface area (Å²) in [5.41, 5.74) is 8.52. The number of hydrogen-bond acceptors (Lipinski definition) is 4. The number of rotatable bonds is 3. The van der Waals surface area contributed by atoms with Crippen LogP contribution in [0.25, 0.3) is 11.0 Å². The number of likely N-dealkylation sites (tertiary alicyclic amines) is 1. The summed E-state index contributed by atoms with van der Waals surface area (Å²) >= 11 is 0. The van der Waals surface area contributed by atoms with Crippen LogP contribution in [0.2, 0.25) is 0 Å². The van der Waals surface area contributed by atoms with Crippen molar-refractivity contribution >= 4 is 16.7 Å². The van der Waals surface area contributed by atoms with Crippen LogP contribution in [-0.2, 0) is 0 Å². The highest BCUT2D eigenvalue weighted by atomic mass is 16.3. The predicted molar refractivity (Wildman–Crippen MR) is 85.2 cm³/mol. The first kappa shape index (κ1) is 14.4.